The van der Waals surface area contributed by atoms with E-state index in [0.29, 0.717) is 5.92 Å². The molecule has 2 nitrogen and oxygen atoms in total. The predicted molar refractivity (Wildman–Crippen MR) is 159 cm³/mol. The van der Waals surface area contributed by atoms with Crippen molar-refractivity contribution in [2.24, 2.45) is 12.5 Å². The molecule has 7 rings (SSSR count). The van der Waals surface area contributed by atoms with Gasteiger partial charge in [-0.05, 0) is 69.7 Å². The molecule has 2 heteroatoms. The normalized spacial score (nSPS) is 13.1. The molecular formula is C35H35N2+. The van der Waals surface area contributed by atoms with Gasteiger partial charge in [0.1, 0.15) is 7.05 Å². The van der Waals surface area contributed by atoms with Crippen LogP contribution in [0.15, 0.2) is 66.9 Å². The van der Waals surface area contributed by atoms with Gasteiger partial charge in [0.25, 0.3) is 0 Å². The zero-order chi connectivity index (χ0) is 25.8. The minimum Gasteiger partial charge on any atom is -0.307 e. The summed E-state index contributed by atoms with van der Waals surface area (Å²) in [4.78, 5) is 0. The van der Waals surface area contributed by atoms with Crippen LogP contribution in [0, 0.1) is 12.3 Å². The second-order valence-electron chi connectivity index (χ2n) is 12.6. The monoisotopic (exact) mass is 483 g/mol. The highest BCUT2D eigenvalue weighted by Crippen LogP contribution is 2.45. The second kappa shape index (κ2) is 7.44. The maximum atomic E-state index is 2.62. The van der Waals surface area contributed by atoms with Crippen molar-refractivity contribution in [2.75, 3.05) is 0 Å². The van der Waals surface area contributed by atoms with Crippen molar-refractivity contribution in [2.45, 2.75) is 53.9 Å². The molecule has 0 aliphatic carbocycles. The Bertz CT molecular complexity index is 2030. The fourth-order valence-electron chi connectivity index (χ4n) is 6.77. The Morgan fingerprint density at radius 2 is 1.57 bits per heavy atom. The highest BCUT2D eigenvalue weighted by molar-refractivity contribution is 6.29. The molecule has 4 aromatic carbocycles. The Kier molecular flexibility index (Phi) is 4.54. The highest BCUT2D eigenvalue weighted by Gasteiger charge is 2.28. The fourth-order valence-corrected chi connectivity index (χ4v) is 6.77. The number of rotatable bonds is 2. The van der Waals surface area contributed by atoms with E-state index in [1.807, 2.05) is 0 Å². The number of fused-ring (bicyclic) bond motifs is 7. The largest absolute Gasteiger partial charge is 0.307 e. The summed E-state index contributed by atoms with van der Waals surface area (Å²) < 4.78 is 4.98. The van der Waals surface area contributed by atoms with Gasteiger partial charge in [-0.25, -0.2) is 4.57 Å². The van der Waals surface area contributed by atoms with Crippen LogP contribution in [-0.4, -0.2) is 4.40 Å². The van der Waals surface area contributed by atoms with Crippen LogP contribution in [0.2, 0.25) is 0 Å². The third kappa shape index (κ3) is 3.02. The lowest BCUT2D eigenvalue weighted by molar-refractivity contribution is -0.643. The first-order chi connectivity index (χ1) is 17.7. The summed E-state index contributed by atoms with van der Waals surface area (Å²) in [5, 5.41) is 9.54. The van der Waals surface area contributed by atoms with Gasteiger partial charge in [0.05, 0.1) is 27.3 Å². The molecule has 0 amide bonds. The van der Waals surface area contributed by atoms with E-state index in [4.69, 9.17) is 0 Å². The lowest BCUT2D eigenvalue weighted by atomic mass is 9.83. The smallest absolute Gasteiger partial charge is 0.224 e. The average molecular weight is 484 g/mol. The van der Waals surface area contributed by atoms with E-state index in [2.05, 4.69) is 124 Å². The van der Waals surface area contributed by atoms with Crippen molar-refractivity contribution in [3.8, 4) is 0 Å². The van der Waals surface area contributed by atoms with Gasteiger partial charge in [-0.2, -0.15) is 0 Å². The van der Waals surface area contributed by atoms with E-state index >= 15 is 0 Å². The Morgan fingerprint density at radius 3 is 2.30 bits per heavy atom. The van der Waals surface area contributed by atoms with Crippen LogP contribution < -0.4 is 4.57 Å². The van der Waals surface area contributed by atoms with Gasteiger partial charge < -0.3 is 4.40 Å². The van der Waals surface area contributed by atoms with Crippen LogP contribution in [0.25, 0.3) is 59.8 Å². The molecule has 0 spiro atoms. The van der Waals surface area contributed by atoms with Crippen molar-refractivity contribution in [1.82, 2.24) is 4.40 Å². The molecule has 0 aliphatic rings. The Balaban J connectivity index is 1.90. The molecule has 7 aromatic rings. The van der Waals surface area contributed by atoms with Crippen molar-refractivity contribution >= 4 is 59.8 Å². The topological polar surface area (TPSA) is 8.29 Å². The number of aryl methyl sites for hydroxylation is 2. The van der Waals surface area contributed by atoms with Gasteiger partial charge in [-0.15, -0.1) is 0 Å². The SMILES string of the molecule is Cc1c2ccccc2c(CC(C)(C)C)c2c1c1c3c(ccc4c5cc(C(C)C)ccc5n2c43)cc[n+]1C. The first-order valence-corrected chi connectivity index (χ1v) is 13.6. The molecule has 0 unspecified atom stereocenters. The van der Waals surface area contributed by atoms with Crippen LogP contribution in [0.4, 0.5) is 0 Å². The summed E-state index contributed by atoms with van der Waals surface area (Å²) >= 11 is 0. The van der Waals surface area contributed by atoms with Gasteiger partial charge in [0, 0.05) is 16.8 Å². The highest BCUT2D eigenvalue weighted by atomic mass is 15.0. The maximum absolute atomic E-state index is 2.62. The van der Waals surface area contributed by atoms with Gasteiger partial charge in [-0.1, -0.05) is 77.1 Å². The third-order valence-corrected chi connectivity index (χ3v) is 8.44. The van der Waals surface area contributed by atoms with E-state index in [1.165, 1.54) is 76.5 Å². The summed E-state index contributed by atoms with van der Waals surface area (Å²) in [6.45, 7) is 14.0. The molecule has 0 saturated carbocycles. The molecule has 0 fully saturated rings. The van der Waals surface area contributed by atoms with Crippen molar-refractivity contribution < 1.29 is 4.57 Å². The van der Waals surface area contributed by atoms with E-state index in [9.17, 15) is 0 Å². The van der Waals surface area contributed by atoms with Crippen LogP contribution in [0.3, 0.4) is 0 Å². The predicted octanol–water partition coefficient (Wildman–Crippen LogP) is 8.99. The molecule has 0 N–H and O–H groups in total. The number of pyridine rings is 2. The molecule has 37 heavy (non-hydrogen) atoms. The van der Waals surface area contributed by atoms with Gasteiger partial charge in [0.2, 0.25) is 5.52 Å². The van der Waals surface area contributed by atoms with Gasteiger partial charge in [-0.3, -0.25) is 0 Å². The summed E-state index contributed by atoms with van der Waals surface area (Å²) in [5.41, 5.74) is 9.78. The standard InChI is InChI=1S/C35H35N2/c1-20(2)23-13-15-29-27(18-23)26-14-12-22-16-17-36(7)34-30-21(3)24-10-8-9-11-25(24)28(19-35(4,5)6)33(30)37(29)32(26)31(22)34/h8-18,20H,19H2,1-7H3/q+1. The van der Waals surface area contributed by atoms with Crippen LogP contribution >= 0.6 is 0 Å². The minimum atomic E-state index is 0.157. The quantitative estimate of drug-likeness (QED) is 0.132. The fraction of sp³-hybridized carbons (Fsp3) is 0.286. The maximum Gasteiger partial charge on any atom is 0.224 e. The summed E-state index contributed by atoms with van der Waals surface area (Å²) in [6.07, 6.45) is 3.25. The minimum absolute atomic E-state index is 0.157. The summed E-state index contributed by atoms with van der Waals surface area (Å²) in [5.74, 6) is 0.497. The van der Waals surface area contributed by atoms with E-state index in [1.54, 1.807) is 0 Å². The molecule has 3 aromatic heterocycles. The number of benzene rings is 4. The van der Waals surface area contributed by atoms with Crippen LogP contribution in [0.5, 0.6) is 0 Å². The zero-order valence-corrected chi connectivity index (χ0v) is 23.0. The van der Waals surface area contributed by atoms with Crippen LogP contribution in [-0.2, 0) is 13.5 Å². The van der Waals surface area contributed by atoms with E-state index in [0.717, 1.165) is 6.42 Å². The molecular weight excluding hydrogens is 448 g/mol. The Hall–Kier alpha value is -3.65. The number of nitrogens with zero attached hydrogens (tertiary/aromatic N) is 2. The number of aromatic nitrogens is 2. The average Bonchev–Trinajstić information content (AvgIpc) is 3.20. The van der Waals surface area contributed by atoms with Gasteiger partial charge >= 0.3 is 0 Å². The lowest BCUT2D eigenvalue weighted by Crippen LogP contribution is -2.29. The number of hydrogen-bond donors (Lipinski definition) is 0. The zero-order valence-electron chi connectivity index (χ0n) is 23.0. The first-order valence-electron chi connectivity index (χ1n) is 13.6. The van der Waals surface area contributed by atoms with Gasteiger partial charge in [0.15, 0.2) is 6.20 Å². The second-order valence-corrected chi connectivity index (χ2v) is 12.6. The Morgan fingerprint density at radius 1 is 0.811 bits per heavy atom. The molecule has 3 heterocycles. The molecule has 184 valence electrons. The molecule has 0 bridgehead atoms. The van der Waals surface area contributed by atoms with Crippen molar-refractivity contribution in [3.63, 3.8) is 0 Å². The summed E-state index contributed by atoms with van der Waals surface area (Å²) in [6, 6.07) is 23.2. The molecule has 0 radical (unpaired) electrons. The number of hydrogen-bond acceptors (Lipinski definition) is 0. The first kappa shape index (κ1) is 22.5. The van der Waals surface area contributed by atoms with Crippen LogP contribution in [0.1, 0.15) is 57.2 Å². The lowest BCUT2D eigenvalue weighted by Gasteiger charge is -2.24. The molecule has 0 saturated heterocycles. The van der Waals surface area contributed by atoms with Crippen molar-refractivity contribution in [3.05, 3.63) is 83.6 Å². The van der Waals surface area contributed by atoms with Crippen molar-refractivity contribution in [1.29, 1.82) is 0 Å². The van der Waals surface area contributed by atoms with E-state index in [-0.39, 0.29) is 5.41 Å². The molecule has 0 atom stereocenters. The summed E-state index contributed by atoms with van der Waals surface area (Å²) in [7, 11) is 2.21. The van der Waals surface area contributed by atoms with E-state index < -0.39 is 0 Å². The third-order valence-electron chi connectivity index (χ3n) is 8.44. The Labute approximate surface area is 218 Å². The molecule has 0 aliphatic heterocycles.